The molecule has 6 heteroatoms. The van der Waals surface area contributed by atoms with E-state index < -0.39 is 6.10 Å². The van der Waals surface area contributed by atoms with Crippen molar-refractivity contribution in [1.29, 1.82) is 0 Å². The summed E-state index contributed by atoms with van der Waals surface area (Å²) in [6.45, 7) is 2.64. The van der Waals surface area contributed by atoms with Gasteiger partial charge in [0, 0.05) is 18.7 Å². The van der Waals surface area contributed by atoms with Gasteiger partial charge in [-0.05, 0) is 47.5 Å². The van der Waals surface area contributed by atoms with E-state index >= 15 is 0 Å². The third kappa shape index (κ3) is 3.46. The number of ether oxygens (including phenoxy) is 2. The average molecular weight is 394 g/mol. The summed E-state index contributed by atoms with van der Waals surface area (Å²) in [4.78, 5) is 15.1. The molecule has 5 rings (SSSR count). The van der Waals surface area contributed by atoms with Gasteiger partial charge in [0.05, 0.1) is 19.3 Å². The maximum absolute atomic E-state index is 12.8. The fourth-order valence-electron chi connectivity index (χ4n) is 4.57. The van der Waals surface area contributed by atoms with E-state index in [9.17, 15) is 9.90 Å². The van der Waals surface area contributed by atoms with Gasteiger partial charge in [-0.1, -0.05) is 30.3 Å². The summed E-state index contributed by atoms with van der Waals surface area (Å²) in [5.41, 5.74) is 3.24. The number of carbonyl (C=O) groups excluding carboxylic acids is 1. The van der Waals surface area contributed by atoms with Crippen molar-refractivity contribution in [3.63, 3.8) is 0 Å². The maximum atomic E-state index is 12.8. The first kappa shape index (κ1) is 18.8. The molecule has 0 unspecified atom stereocenters. The van der Waals surface area contributed by atoms with Crippen molar-refractivity contribution >= 4 is 22.3 Å². The summed E-state index contributed by atoms with van der Waals surface area (Å²) in [5.74, 6) is -0.143. The number of aliphatic hydroxyl groups is 1. The van der Waals surface area contributed by atoms with E-state index in [4.69, 9.17) is 9.47 Å². The zero-order valence-corrected chi connectivity index (χ0v) is 16.5. The Bertz CT molecular complexity index is 973. The quantitative estimate of drug-likeness (QED) is 0.831. The van der Waals surface area contributed by atoms with E-state index in [1.807, 2.05) is 18.2 Å². The number of nitrogens with one attached hydrogen (secondary N) is 1. The van der Waals surface area contributed by atoms with Crippen LogP contribution < -0.4 is 5.32 Å². The van der Waals surface area contributed by atoms with Gasteiger partial charge in [0.1, 0.15) is 18.3 Å². The van der Waals surface area contributed by atoms with Crippen LogP contribution in [-0.2, 0) is 9.47 Å². The van der Waals surface area contributed by atoms with Gasteiger partial charge < -0.3 is 24.8 Å². The Balaban J connectivity index is 1.37. The molecule has 2 saturated heterocycles. The van der Waals surface area contributed by atoms with Crippen molar-refractivity contribution in [3.8, 4) is 0 Å². The van der Waals surface area contributed by atoms with Crippen LogP contribution in [0.1, 0.15) is 22.3 Å². The van der Waals surface area contributed by atoms with E-state index in [0.29, 0.717) is 12.2 Å². The highest BCUT2D eigenvalue weighted by Crippen LogP contribution is 2.30. The van der Waals surface area contributed by atoms with E-state index in [1.165, 1.54) is 16.5 Å². The highest BCUT2D eigenvalue weighted by molar-refractivity contribution is 6.01. The molecular formula is C23H26N2O4. The number of rotatable bonds is 3. The second-order valence-electron chi connectivity index (χ2n) is 8.23. The van der Waals surface area contributed by atoms with E-state index in [0.717, 1.165) is 24.9 Å². The number of hydrogen-bond donors (Lipinski definition) is 2. The highest BCUT2D eigenvalue weighted by atomic mass is 16.6. The molecule has 0 aliphatic carbocycles. The average Bonchev–Trinajstić information content (AvgIpc) is 3.31. The number of nitrogens with zero attached hydrogens (tertiary/aromatic N) is 1. The first-order valence-electron chi connectivity index (χ1n) is 10.2. The third-order valence-corrected chi connectivity index (χ3v) is 6.24. The van der Waals surface area contributed by atoms with Crippen molar-refractivity contribution in [2.75, 3.05) is 33.4 Å². The molecule has 2 N–H and O–H groups in total. The largest absolute Gasteiger partial charge is 0.388 e. The van der Waals surface area contributed by atoms with E-state index in [-0.39, 0.29) is 30.8 Å². The smallest absolute Gasteiger partial charge is 0.251 e. The van der Waals surface area contributed by atoms with Crippen molar-refractivity contribution < 1.29 is 19.4 Å². The molecule has 3 aliphatic heterocycles. The lowest BCUT2D eigenvalue weighted by Crippen LogP contribution is -2.44. The van der Waals surface area contributed by atoms with Gasteiger partial charge in [-0.2, -0.15) is 0 Å². The van der Waals surface area contributed by atoms with Crippen LogP contribution >= 0.6 is 0 Å². The number of benzene rings is 2. The lowest BCUT2D eigenvalue weighted by Gasteiger charge is -2.23. The predicted molar refractivity (Wildman–Crippen MR) is 111 cm³/mol. The molecule has 3 heterocycles. The molecule has 0 spiro atoms. The summed E-state index contributed by atoms with van der Waals surface area (Å²) in [7, 11) is 2.14. The Labute approximate surface area is 170 Å². The summed E-state index contributed by atoms with van der Waals surface area (Å²) < 4.78 is 11.2. The number of hydrogen-bond acceptors (Lipinski definition) is 5. The Hall–Kier alpha value is -2.25. The van der Waals surface area contributed by atoms with E-state index in [1.54, 1.807) is 0 Å². The van der Waals surface area contributed by atoms with Gasteiger partial charge in [-0.25, -0.2) is 0 Å². The maximum Gasteiger partial charge on any atom is 0.251 e. The van der Waals surface area contributed by atoms with Crippen LogP contribution in [0.3, 0.4) is 0 Å². The summed E-state index contributed by atoms with van der Waals surface area (Å²) in [6, 6.07) is 11.9. The van der Waals surface area contributed by atoms with Gasteiger partial charge in [-0.3, -0.25) is 4.79 Å². The number of fused-ring (bicyclic) bond motifs is 2. The molecule has 2 aromatic carbocycles. The van der Waals surface area contributed by atoms with Crippen LogP contribution in [0.2, 0.25) is 0 Å². The van der Waals surface area contributed by atoms with Crippen LogP contribution in [0.15, 0.2) is 42.5 Å². The van der Waals surface area contributed by atoms with Crippen molar-refractivity contribution in [3.05, 3.63) is 53.6 Å². The van der Waals surface area contributed by atoms with Gasteiger partial charge in [-0.15, -0.1) is 0 Å². The molecular weight excluding hydrogens is 368 g/mol. The standard InChI is InChI=1S/C23H26N2O4/c1-25-9-7-14(8-10-25)17-4-2-3-15-11-16(5-6-18(15)17)23(27)24-19-12-28-22-20(26)13-29-21(19)22/h2-7,11,19-22,26H,8-10,12-13H2,1H3,(H,24,27)/t19-,20+,21+,22+/m0/s1. The predicted octanol–water partition coefficient (Wildman–Crippen LogP) is 1.82. The molecule has 2 fully saturated rings. The van der Waals surface area contributed by atoms with Gasteiger partial charge in [0.15, 0.2) is 0 Å². The van der Waals surface area contributed by atoms with Crippen LogP contribution in [0.25, 0.3) is 16.3 Å². The SMILES string of the molecule is CN1CC=C(c2cccc3cc(C(=O)N[C@H]4CO[C@H]5[C@@H]4OC[C@H]5O)ccc23)CC1. The van der Waals surface area contributed by atoms with Crippen LogP contribution in [0.5, 0.6) is 0 Å². The summed E-state index contributed by atoms with van der Waals surface area (Å²) >= 11 is 0. The monoisotopic (exact) mass is 394 g/mol. The number of amides is 1. The molecule has 6 nitrogen and oxygen atoms in total. The molecule has 0 radical (unpaired) electrons. The Kier molecular flexibility index (Phi) is 4.87. The Morgan fingerprint density at radius 1 is 1.17 bits per heavy atom. The molecule has 0 bridgehead atoms. The third-order valence-electron chi connectivity index (χ3n) is 6.24. The van der Waals surface area contributed by atoms with Crippen LogP contribution in [-0.4, -0.2) is 73.6 Å². The second kappa shape index (κ2) is 7.54. The number of likely N-dealkylation sites (N-methyl/N-ethyl adjacent to an activating group) is 1. The van der Waals surface area contributed by atoms with Crippen molar-refractivity contribution in [1.82, 2.24) is 10.2 Å². The minimum atomic E-state index is -0.616. The number of carbonyl (C=O) groups is 1. The minimum Gasteiger partial charge on any atom is -0.388 e. The Morgan fingerprint density at radius 3 is 2.86 bits per heavy atom. The summed E-state index contributed by atoms with van der Waals surface area (Å²) in [6.07, 6.45) is 2.09. The topological polar surface area (TPSA) is 71.0 Å². The molecule has 0 saturated carbocycles. The zero-order chi connectivity index (χ0) is 20.0. The molecule has 29 heavy (non-hydrogen) atoms. The van der Waals surface area contributed by atoms with Crippen molar-refractivity contribution in [2.24, 2.45) is 0 Å². The van der Waals surface area contributed by atoms with Crippen LogP contribution in [0, 0.1) is 0 Å². The normalized spacial score (nSPS) is 29.7. The molecule has 3 aliphatic rings. The zero-order valence-electron chi connectivity index (χ0n) is 16.5. The van der Waals surface area contributed by atoms with Crippen molar-refractivity contribution in [2.45, 2.75) is 30.8 Å². The first-order valence-corrected chi connectivity index (χ1v) is 10.2. The second-order valence-corrected chi connectivity index (χ2v) is 8.23. The van der Waals surface area contributed by atoms with Crippen LogP contribution in [0.4, 0.5) is 0 Å². The molecule has 0 aromatic heterocycles. The lowest BCUT2D eigenvalue weighted by atomic mass is 9.93. The molecule has 4 atom stereocenters. The molecule has 152 valence electrons. The van der Waals surface area contributed by atoms with Gasteiger partial charge in [0.2, 0.25) is 0 Å². The number of aliphatic hydroxyl groups excluding tert-OH is 1. The van der Waals surface area contributed by atoms with Gasteiger partial charge in [0.25, 0.3) is 5.91 Å². The fraction of sp³-hybridized carbons (Fsp3) is 0.435. The first-order chi connectivity index (χ1) is 14.1. The minimum absolute atomic E-state index is 0.143. The lowest BCUT2D eigenvalue weighted by molar-refractivity contribution is 0.0178. The van der Waals surface area contributed by atoms with E-state index in [2.05, 4.69) is 41.5 Å². The molecule has 2 aromatic rings. The highest BCUT2D eigenvalue weighted by Gasteiger charge is 2.47. The Morgan fingerprint density at radius 2 is 2.03 bits per heavy atom. The fourth-order valence-corrected chi connectivity index (χ4v) is 4.57. The van der Waals surface area contributed by atoms with Gasteiger partial charge >= 0.3 is 0 Å². The summed E-state index contributed by atoms with van der Waals surface area (Å²) in [5, 5.41) is 15.1. The molecule has 1 amide bonds.